The fourth-order valence-corrected chi connectivity index (χ4v) is 2.58. The number of ether oxygens (including phenoxy) is 2. The molecule has 6 nitrogen and oxygen atoms in total. The number of halogens is 1. The Morgan fingerprint density at radius 3 is 1.86 bits per heavy atom. The van der Waals surface area contributed by atoms with Crippen molar-refractivity contribution in [3.63, 3.8) is 0 Å². The van der Waals surface area contributed by atoms with E-state index >= 15 is 0 Å². The van der Waals surface area contributed by atoms with E-state index in [1.807, 2.05) is 37.8 Å². The third-order valence-corrected chi connectivity index (χ3v) is 3.95. The average Bonchev–Trinajstić information content (AvgIpc) is 3.25. The van der Waals surface area contributed by atoms with E-state index in [2.05, 4.69) is 11.8 Å². The Bertz CT molecular complexity index is 506. The van der Waals surface area contributed by atoms with Crippen LogP contribution in [0.4, 0.5) is 5.69 Å². The minimum atomic E-state index is 0. The molecule has 0 radical (unpaired) electrons. The Kier molecular flexibility index (Phi) is 21.7. The van der Waals surface area contributed by atoms with Crippen LogP contribution in [0.3, 0.4) is 0 Å². The van der Waals surface area contributed by atoms with Gasteiger partial charge in [0.2, 0.25) is 5.91 Å². The van der Waals surface area contributed by atoms with Gasteiger partial charge in [0.1, 0.15) is 0 Å². The minimum absolute atomic E-state index is 0. The summed E-state index contributed by atoms with van der Waals surface area (Å²) in [5.74, 6) is 0.890. The van der Waals surface area contributed by atoms with E-state index in [0.717, 1.165) is 57.4 Å². The van der Waals surface area contributed by atoms with Crippen LogP contribution < -0.4 is 61.4 Å². The van der Waals surface area contributed by atoms with Crippen LogP contribution in [0.5, 0.6) is 5.75 Å². The number of carbonyl (C=O) groups excluding carboxylic acids is 1. The predicted molar refractivity (Wildman–Crippen MR) is 114 cm³/mol. The molecule has 8 heteroatoms. The zero-order valence-electron chi connectivity index (χ0n) is 18.9. The Balaban J connectivity index is 0. The third-order valence-electron chi connectivity index (χ3n) is 3.95. The molecule has 0 saturated carbocycles. The van der Waals surface area contributed by atoms with Crippen molar-refractivity contribution in [2.45, 2.75) is 47.3 Å². The summed E-state index contributed by atoms with van der Waals surface area (Å²) < 4.78 is 10.2. The molecule has 0 aliphatic carbocycles. The second kappa shape index (κ2) is 20.1. The van der Waals surface area contributed by atoms with Gasteiger partial charge in [-0.05, 0) is 18.6 Å². The van der Waals surface area contributed by atoms with E-state index in [0.29, 0.717) is 0 Å². The molecule has 162 valence electrons. The van der Waals surface area contributed by atoms with Gasteiger partial charge in [0, 0.05) is 44.7 Å². The normalized spacial score (nSPS) is 15.5. The molecular weight excluding hydrogens is 419 g/mol. The van der Waals surface area contributed by atoms with E-state index in [-0.39, 0.29) is 69.3 Å². The van der Waals surface area contributed by atoms with Crippen LogP contribution in [0.2, 0.25) is 0 Å². The summed E-state index contributed by atoms with van der Waals surface area (Å²) in [6.07, 6.45) is 1.07. The minimum Gasteiger partial charge on any atom is -0.872 e. The smallest absolute Gasteiger partial charge is 0.872 e. The van der Waals surface area contributed by atoms with Gasteiger partial charge < -0.3 is 24.4 Å². The van der Waals surface area contributed by atoms with Crippen LogP contribution in [-0.4, -0.2) is 62.4 Å². The van der Waals surface area contributed by atoms with Gasteiger partial charge in [-0.15, -0.1) is 17.4 Å². The molecule has 0 aromatic heterocycles. The molecule has 0 unspecified atom stereocenters. The number of amides is 1. The van der Waals surface area contributed by atoms with E-state index in [4.69, 9.17) is 21.1 Å². The number of benzene rings is 1. The number of piperazine rings is 1. The van der Waals surface area contributed by atoms with Crippen LogP contribution in [0.25, 0.3) is 0 Å². The molecule has 29 heavy (non-hydrogen) atoms. The first-order valence-electron chi connectivity index (χ1n) is 10.1. The van der Waals surface area contributed by atoms with E-state index < -0.39 is 0 Å². The molecule has 1 aromatic rings. The van der Waals surface area contributed by atoms with Gasteiger partial charge in [0.15, 0.2) is 6.29 Å². The van der Waals surface area contributed by atoms with Crippen LogP contribution in [0, 0.1) is 0 Å². The van der Waals surface area contributed by atoms with Gasteiger partial charge >= 0.3 is 51.4 Å². The fourth-order valence-electron chi connectivity index (χ4n) is 2.58. The summed E-state index contributed by atoms with van der Waals surface area (Å²) in [5, 5.41) is 11.0. The van der Waals surface area contributed by atoms with Crippen LogP contribution >= 0.6 is 11.6 Å². The molecule has 3 rings (SSSR count). The van der Waals surface area contributed by atoms with Crippen molar-refractivity contribution in [2.75, 3.05) is 50.2 Å². The molecule has 1 aromatic carbocycles. The predicted octanol–water partition coefficient (Wildman–Crippen LogP) is 0.473. The van der Waals surface area contributed by atoms with Crippen molar-refractivity contribution in [1.29, 1.82) is 0 Å². The SMILES string of the molecule is CC.CC(=O)N1CCN(c2ccc([O-])cc2)CC1.CCC1OCCO1.CCCl.[K+]. The largest absolute Gasteiger partial charge is 1.00 e. The standard InChI is InChI=1S/C12H16N2O2.C5H10O2.C2H5Cl.C2H6.K/c1-10(15)13-6-8-14(9-7-13)11-2-4-12(16)5-3-11;1-2-5-6-3-4-7-5;1-2-3;1-2;/h2-5,16H,6-9H2,1H3;5H,2-4H2,1H3;2H2,1H3;1-2H3;/q;;;;+1/p-1. The zero-order valence-corrected chi connectivity index (χ0v) is 22.8. The number of anilines is 1. The molecule has 0 N–H and O–H groups in total. The number of hydrogen-bond acceptors (Lipinski definition) is 5. The fraction of sp³-hybridized carbons (Fsp3) is 0.667. The monoisotopic (exact) mass is 454 g/mol. The third kappa shape index (κ3) is 13.9. The number of alkyl halides is 1. The van der Waals surface area contributed by atoms with Crippen molar-refractivity contribution >= 4 is 23.2 Å². The van der Waals surface area contributed by atoms with Crippen LogP contribution in [-0.2, 0) is 14.3 Å². The molecule has 0 spiro atoms. The average molecular weight is 455 g/mol. The number of hydrogen-bond donors (Lipinski definition) is 0. The maximum Gasteiger partial charge on any atom is 1.00 e. The van der Waals surface area contributed by atoms with Gasteiger partial charge in [-0.1, -0.05) is 39.8 Å². The number of nitrogens with zero attached hydrogens (tertiary/aromatic N) is 2. The van der Waals surface area contributed by atoms with E-state index in [1.54, 1.807) is 19.1 Å². The van der Waals surface area contributed by atoms with Crippen molar-refractivity contribution in [1.82, 2.24) is 4.90 Å². The molecule has 2 heterocycles. The summed E-state index contributed by atoms with van der Waals surface area (Å²) in [6, 6.07) is 6.83. The maximum atomic E-state index is 11.2. The summed E-state index contributed by atoms with van der Waals surface area (Å²) in [7, 11) is 0. The first kappa shape index (κ1) is 31.3. The molecular formula is C21H36ClKN2O4. The molecule has 2 fully saturated rings. The Morgan fingerprint density at radius 2 is 1.52 bits per heavy atom. The van der Waals surface area contributed by atoms with Gasteiger partial charge in [-0.2, -0.15) is 0 Å². The molecule has 2 saturated heterocycles. The zero-order chi connectivity index (χ0) is 21.4. The van der Waals surface area contributed by atoms with Gasteiger partial charge in [-0.3, -0.25) is 4.79 Å². The van der Waals surface area contributed by atoms with E-state index in [1.165, 1.54) is 0 Å². The number of carbonyl (C=O) groups is 1. The van der Waals surface area contributed by atoms with Crippen molar-refractivity contribution in [3.8, 4) is 5.75 Å². The van der Waals surface area contributed by atoms with Gasteiger partial charge in [-0.25, -0.2) is 0 Å². The molecule has 2 aliphatic heterocycles. The van der Waals surface area contributed by atoms with Crippen molar-refractivity contribution in [2.24, 2.45) is 0 Å². The van der Waals surface area contributed by atoms with Gasteiger partial charge in [0.05, 0.1) is 13.2 Å². The maximum absolute atomic E-state index is 11.2. The molecule has 2 aliphatic rings. The quantitative estimate of drug-likeness (QED) is 0.480. The summed E-state index contributed by atoms with van der Waals surface area (Å²) in [4.78, 5) is 15.2. The van der Waals surface area contributed by atoms with Crippen molar-refractivity contribution < 1.29 is 70.8 Å². The Labute approximate surface area is 224 Å². The van der Waals surface area contributed by atoms with Crippen molar-refractivity contribution in [3.05, 3.63) is 24.3 Å². The van der Waals surface area contributed by atoms with Crippen LogP contribution in [0.15, 0.2) is 24.3 Å². The first-order valence-corrected chi connectivity index (χ1v) is 10.6. The summed E-state index contributed by atoms with van der Waals surface area (Å²) in [5.41, 5.74) is 1.06. The Morgan fingerprint density at radius 1 is 1.07 bits per heavy atom. The van der Waals surface area contributed by atoms with Crippen LogP contribution in [0.1, 0.15) is 41.0 Å². The Hall–Kier alpha value is 0.136. The second-order valence-corrected chi connectivity index (χ2v) is 6.37. The second-order valence-electron chi connectivity index (χ2n) is 5.83. The summed E-state index contributed by atoms with van der Waals surface area (Å²) in [6.45, 7) is 14.3. The topological polar surface area (TPSA) is 65.1 Å². The van der Waals surface area contributed by atoms with Gasteiger partial charge in [0.25, 0.3) is 0 Å². The molecule has 0 bridgehead atoms. The van der Waals surface area contributed by atoms with E-state index in [9.17, 15) is 9.90 Å². The summed E-state index contributed by atoms with van der Waals surface area (Å²) >= 11 is 5.00. The molecule has 1 amide bonds. The number of rotatable bonds is 2. The first-order chi connectivity index (χ1) is 13.5. The molecule has 0 atom stereocenters.